The Labute approximate surface area is 183 Å². The minimum Gasteiger partial charge on any atom is -0.497 e. The lowest BCUT2D eigenvalue weighted by atomic mass is 10.3. The third-order valence-electron chi connectivity index (χ3n) is 5.00. The number of ether oxygens (including phenoxy) is 2. The van der Waals surface area contributed by atoms with Crippen molar-refractivity contribution in [2.75, 3.05) is 58.4 Å². The Morgan fingerprint density at radius 3 is 2.67 bits per heavy atom. The lowest BCUT2D eigenvalue weighted by Gasteiger charge is -2.22. The monoisotopic (exact) mass is 431 g/mol. The van der Waals surface area contributed by atoms with Crippen molar-refractivity contribution in [3.05, 3.63) is 35.3 Å². The van der Waals surface area contributed by atoms with E-state index in [1.807, 2.05) is 31.3 Å². The third-order valence-corrected chi connectivity index (χ3v) is 5.95. The van der Waals surface area contributed by atoms with Crippen LogP contribution in [-0.2, 0) is 6.42 Å². The van der Waals surface area contributed by atoms with E-state index in [0.717, 1.165) is 67.4 Å². The molecule has 1 aliphatic rings. The number of aromatic nitrogens is 1. The van der Waals surface area contributed by atoms with Gasteiger partial charge < -0.3 is 24.6 Å². The van der Waals surface area contributed by atoms with Gasteiger partial charge in [-0.15, -0.1) is 11.3 Å². The summed E-state index contributed by atoms with van der Waals surface area (Å²) in [5, 5.41) is 6.69. The summed E-state index contributed by atoms with van der Waals surface area (Å²) in [5.41, 5.74) is 1.13. The van der Waals surface area contributed by atoms with E-state index < -0.39 is 0 Å². The van der Waals surface area contributed by atoms with Gasteiger partial charge in [0.05, 0.1) is 19.3 Å². The van der Waals surface area contributed by atoms with Gasteiger partial charge >= 0.3 is 0 Å². The van der Waals surface area contributed by atoms with Gasteiger partial charge in [-0.2, -0.15) is 0 Å². The number of anilines is 1. The summed E-state index contributed by atoms with van der Waals surface area (Å²) in [6.07, 6.45) is 3.41. The first kappa shape index (κ1) is 22.2. The van der Waals surface area contributed by atoms with Crippen LogP contribution in [0.5, 0.6) is 11.5 Å². The molecule has 1 N–H and O–H groups in total. The van der Waals surface area contributed by atoms with Gasteiger partial charge in [0.1, 0.15) is 18.1 Å². The number of aliphatic imine (C=N–C) groups is 1. The minimum absolute atomic E-state index is 0.582. The summed E-state index contributed by atoms with van der Waals surface area (Å²) in [5.74, 6) is 2.56. The number of rotatable bonds is 10. The van der Waals surface area contributed by atoms with E-state index in [-0.39, 0.29) is 0 Å². The van der Waals surface area contributed by atoms with Crippen LogP contribution in [0.1, 0.15) is 25.5 Å². The lowest BCUT2D eigenvalue weighted by molar-refractivity contribution is 0.281. The Balaban J connectivity index is 1.45. The van der Waals surface area contributed by atoms with Crippen LogP contribution in [0.4, 0.5) is 5.13 Å². The van der Waals surface area contributed by atoms with Gasteiger partial charge in [-0.25, -0.2) is 4.98 Å². The van der Waals surface area contributed by atoms with E-state index in [1.165, 1.54) is 12.8 Å². The molecule has 1 aromatic heterocycles. The van der Waals surface area contributed by atoms with Gasteiger partial charge in [-0.3, -0.25) is 4.99 Å². The molecule has 2 heterocycles. The molecule has 1 saturated heterocycles. The highest BCUT2D eigenvalue weighted by Gasteiger charge is 2.15. The summed E-state index contributed by atoms with van der Waals surface area (Å²) < 4.78 is 11.0. The van der Waals surface area contributed by atoms with Gasteiger partial charge in [0.25, 0.3) is 0 Å². The molecule has 0 aliphatic carbocycles. The molecule has 0 bridgehead atoms. The van der Waals surface area contributed by atoms with Crippen molar-refractivity contribution in [2.24, 2.45) is 4.99 Å². The average Bonchev–Trinajstić information content (AvgIpc) is 3.45. The molecular weight excluding hydrogens is 398 g/mol. The summed E-state index contributed by atoms with van der Waals surface area (Å²) in [6, 6.07) is 7.64. The number of guanidine groups is 1. The first-order valence-corrected chi connectivity index (χ1v) is 11.5. The van der Waals surface area contributed by atoms with Gasteiger partial charge in [0.15, 0.2) is 11.1 Å². The summed E-state index contributed by atoms with van der Waals surface area (Å²) in [4.78, 5) is 14.0. The molecule has 0 radical (unpaired) electrons. The van der Waals surface area contributed by atoms with Crippen LogP contribution in [0.15, 0.2) is 34.6 Å². The summed E-state index contributed by atoms with van der Waals surface area (Å²) in [6.45, 7) is 7.23. The SMILES string of the molecule is CCNC(=NCCc1csc(N2CCCC2)n1)N(C)CCOc1ccc(OC)cc1. The molecule has 164 valence electrons. The zero-order chi connectivity index (χ0) is 21.2. The standard InChI is InChI=1S/C22H33N5O2S/c1-4-23-21(26(2)15-16-29-20-9-7-19(28-3)8-10-20)24-12-11-18-17-30-22(25-18)27-13-5-6-14-27/h7-10,17H,4-6,11-16H2,1-3H3,(H,23,24). The number of benzene rings is 1. The van der Waals surface area contributed by atoms with Crippen LogP contribution in [0.2, 0.25) is 0 Å². The summed E-state index contributed by atoms with van der Waals surface area (Å²) >= 11 is 1.75. The highest BCUT2D eigenvalue weighted by molar-refractivity contribution is 7.13. The van der Waals surface area contributed by atoms with E-state index in [9.17, 15) is 0 Å². The number of hydrogen-bond acceptors (Lipinski definition) is 6. The quantitative estimate of drug-likeness (QED) is 0.460. The molecule has 0 saturated carbocycles. The molecule has 1 aliphatic heterocycles. The van der Waals surface area contributed by atoms with Gasteiger partial charge in [-0.1, -0.05) is 0 Å². The number of nitrogens with one attached hydrogen (secondary N) is 1. The number of likely N-dealkylation sites (N-methyl/N-ethyl adjacent to an activating group) is 1. The molecule has 0 unspecified atom stereocenters. The number of hydrogen-bond donors (Lipinski definition) is 1. The van der Waals surface area contributed by atoms with Crippen LogP contribution in [-0.4, -0.2) is 69.3 Å². The maximum atomic E-state index is 5.84. The average molecular weight is 432 g/mol. The van der Waals surface area contributed by atoms with E-state index in [1.54, 1.807) is 18.4 Å². The zero-order valence-electron chi connectivity index (χ0n) is 18.3. The van der Waals surface area contributed by atoms with Crippen LogP contribution >= 0.6 is 11.3 Å². The lowest BCUT2D eigenvalue weighted by Crippen LogP contribution is -2.41. The molecule has 2 aromatic rings. The van der Waals surface area contributed by atoms with Crippen LogP contribution in [0.3, 0.4) is 0 Å². The Morgan fingerprint density at radius 2 is 1.97 bits per heavy atom. The Hall–Kier alpha value is -2.48. The molecule has 8 heteroatoms. The molecule has 30 heavy (non-hydrogen) atoms. The Bertz CT molecular complexity index is 787. The first-order chi connectivity index (χ1) is 14.7. The van der Waals surface area contributed by atoms with Crippen molar-refractivity contribution in [3.8, 4) is 11.5 Å². The zero-order valence-corrected chi connectivity index (χ0v) is 19.1. The minimum atomic E-state index is 0.582. The number of nitrogens with zero attached hydrogens (tertiary/aromatic N) is 4. The first-order valence-electron chi connectivity index (χ1n) is 10.6. The second-order valence-electron chi connectivity index (χ2n) is 7.25. The number of thiazole rings is 1. The van der Waals surface area contributed by atoms with Crippen LogP contribution in [0.25, 0.3) is 0 Å². The fourth-order valence-electron chi connectivity index (χ4n) is 3.29. The summed E-state index contributed by atoms with van der Waals surface area (Å²) in [7, 11) is 3.69. The molecule has 1 fully saturated rings. The maximum absolute atomic E-state index is 5.84. The van der Waals surface area contributed by atoms with Crippen molar-refractivity contribution in [2.45, 2.75) is 26.2 Å². The second-order valence-corrected chi connectivity index (χ2v) is 8.08. The van der Waals surface area contributed by atoms with Crippen molar-refractivity contribution in [1.82, 2.24) is 15.2 Å². The highest BCUT2D eigenvalue weighted by Crippen LogP contribution is 2.24. The fourth-order valence-corrected chi connectivity index (χ4v) is 4.20. The predicted octanol–water partition coefficient (Wildman–Crippen LogP) is 3.27. The van der Waals surface area contributed by atoms with Crippen molar-refractivity contribution in [3.63, 3.8) is 0 Å². The molecule has 1 aromatic carbocycles. The molecule has 3 rings (SSSR count). The van der Waals surface area contributed by atoms with Crippen molar-refractivity contribution < 1.29 is 9.47 Å². The Kier molecular flexibility index (Phi) is 8.62. The smallest absolute Gasteiger partial charge is 0.193 e. The predicted molar refractivity (Wildman–Crippen MR) is 124 cm³/mol. The van der Waals surface area contributed by atoms with E-state index in [4.69, 9.17) is 19.5 Å². The van der Waals surface area contributed by atoms with E-state index in [2.05, 4.69) is 27.4 Å². The largest absolute Gasteiger partial charge is 0.497 e. The maximum Gasteiger partial charge on any atom is 0.193 e. The van der Waals surface area contributed by atoms with Crippen molar-refractivity contribution >= 4 is 22.4 Å². The highest BCUT2D eigenvalue weighted by atomic mass is 32.1. The molecule has 0 amide bonds. The van der Waals surface area contributed by atoms with Gasteiger partial charge in [0.2, 0.25) is 0 Å². The van der Waals surface area contributed by atoms with Crippen LogP contribution < -0.4 is 19.7 Å². The molecule has 0 atom stereocenters. The van der Waals surface area contributed by atoms with Gasteiger partial charge in [-0.05, 0) is 44.0 Å². The third kappa shape index (κ3) is 6.52. The van der Waals surface area contributed by atoms with Gasteiger partial charge in [0, 0.05) is 45.0 Å². The molecule has 0 spiro atoms. The van der Waals surface area contributed by atoms with E-state index in [0.29, 0.717) is 6.61 Å². The van der Waals surface area contributed by atoms with Crippen LogP contribution in [0, 0.1) is 0 Å². The number of methoxy groups -OCH3 is 1. The molecular formula is C22H33N5O2S. The second kappa shape index (κ2) is 11.6. The Morgan fingerprint density at radius 1 is 1.23 bits per heavy atom. The fraction of sp³-hybridized carbons (Fsp3) is 0.545. The normalized spacial score (nSPS) is 14.1. The molecule has 7 nitrogen and oxygen atoms in total. The van der Waals surface area contributed by atoms with Crippen molar-refractivity contribution in [1.29, 1.82) is 0 Å². The topological polar surface area (TPSA) is 62.2 Å². The van der Waals surface area contributed by atoms with E-state index >= 15 is 0 Å².